The maximum atomic E-state index is 12.7. The lowest BCUT2D eigenvalue weighted by Crippen LogP contribution is -2.55. The molecule has 5 heteroatoms. The number of aryl methyl sites for hydroxylation is 1. The van der Waals surface area contributed by atoms with Crippen molar-refractivity contribution in [3.63, 3.8) is 0 Å². The summed E-state index contributed by atoms with van der Waals surface area (Å²) in [5.41, 5.74) is 1.24. The van der Waals surface area contributed by atoms with E-state index in [0.29, 0.717) is 12.3 Å². The molecule has 0 aromatic carbocycles. The van der Waals surface area contributed by atoms with Gasteiger partial charge in [0.05, 0.1) is 12.1 Å². The van der Waals surface area contributed by atoms with E-state index in [2.05, 4.69) is 9.97 Å². The Morgan fingerprint density at radius 2 is 2.26 bits per heavy atom. The molecule has 1 aromatic heterocycles. The first-order valence-electron chi connectivity index (χ1n) is 6.90. The van der Waals surface area contributed by atoms with Crippen LogP contribution in [0, 0.1) is 6.92 Å². The van der Waals surface area contributed by atoms with E-state index in [4.69, 9.17) is 4.74 Å². The Kier molecular flexibility index (Phi) is 3.22. The smallest absolute Gasteiger partial charge is 0.273 e. The maximum Gasteiger partial charge on any atom is 0.273 e. The van der Waals surface area contributed by atoms with Gasteiger partial charge < -0.3 is 9.64 Å². The second-order valence-corrected chi connectivity index (χ2v) is 5.49. The van der Waals surface area contributed by atoms with Crippen molar-refractivity contribution in [2.75, 3.05) is 19.8 Å². The van der Waals surface area contributed by atoms with Crippen LogP contribution in [-0.2, 0) is 4.74 Å². The molecule has 1 spiro atoms. The molecule has 0 saturated carbocycles. The number of hydrogen-bond acceptors (Lipinski definition) is 4. The molecule has 5 nitrogen and oxygen atoms in total. The molecule has 0 radical (unpaired) electrons. The quantitative estimate of drug-likeness (QED) is 0.770. The van der Waals surface area contributed by atoms with Gasteiger partial charge in [0, 0.05) is 18.8 Å². The molecule has 0 aliphatic carbocycles. The van der Waals surface area contributed by atoms with Gasteiger partial charge in [0.15, 0.2) is 0 Å². The highest BCUT2D eigenvalue weighted by Gasteiger charge is 2.44. The Labute approximate surface area is 113 Å². The van der Waals surface area contributed by atoms with Gasteiger partial charge in [0.1, 0.15) is 12.0 Å². The van der Waals surface area contributed by atoms with E-state index in [1.807, 2.05) is 11.8 Å². The normalized spacial score (nSPS) is 26.9. The molecular formula is C14H19N3O2. The van der Waals surface area contributed by atoms with Gasteiger partial charge in [-0.15, -0.1) is 0 Å². The predicted octanol–water partition coefficient (Wildman–Crippen LogP) is 1.57. The summed E-state index contributed by atoms with van der Waals surface area (Å²) in [7, 11) is 0. The van der Waals surface area contributed by atoms with Crippen molar-refractivity contribution in [1.29, 1.82) is 0 Å². The van der Waals surface area contributed by atoms with E-state index >= 15 is 0 Å². The third kappa shape index (κ3) is 2.23. The largest absolute Gasteiger partial charge is 0.379 e. The minimum absolute atomic E-state index is 0.0238. The summed E-state index contributed by atoms with van der Waals surface area (Å²) in [6.45, 7) is 4.11. The zero-order valence-electron chi connectivity index (χ0n) is 11.3. The second-order valence-electron chi connectivity index (χ2n) is 5.49. The van der Waals surface area contributed by atoms with Crippen molar-refractivity contribution in [1.82, 2.24) is 14.9 Å². The van der Waals surface area contributed by atoms with Crippen LogP contribution < -0.4 is 0 Å². The highest BCUT2D eigenvalue weighted by atomic mass is 16.5. The molecule has 2 aliphatic heterocycles. The number of carbonyl (C=O) groups excluding carboxylic acids is 1. The Morgan fingerprint density at radius 1 is 1.37 bits per heavy atom. The molecule has 1 aromatic rings. The van der Waals surface area contributed by atoms with Gasteiger partial charge in [-0.05, 0) is 38.7 Å². The molecule has 102 valence electrons. The van der Waals surface area contributed by atoms with E-state index < -0.39 is 0 Å². The molecule has 1 atom stereocenters. The number of amides is 1. The summed E-state index contributed by atoms with van der Waals surface area (Å²) in [5, 5.41) is 0. The highest BCUT2D eigenvalue weighted by Crippen LogP contribution is 2.36. The van der Waals surface area contributed by atoms with E-state index in [1.165, 1.54) is 12.7 Å². The van der Waals surface area contributed by atoms with E-state index in [0.717, 1.165) is 38.1 Å². The van der Waals surface area contributed by atoms with Crippen molar-refractivity contribution >= 4 is 5.91 Å². The van der Waals surface area contributed by atoms with Crippen LogP contribution in [0.5, 0.6) is 0 Å². The molecule has 0 bridgehead atoms. The first-order chi connectivity index (χ1) is 9.21. The van der Waals surface area contributed by atoms with Gasteiger partial charge in [-0.25, -0.2) is 9.97 Å². The zero-order valence-corrected chi connectivity index (χ0v) is 11.3. The third-order valence-electron chi connectivity index (χ3n) is 4.20. The number of carbonyl (C=O) groups is 1. The fourth-order valence-electron chi connectivity index (χ4n) is 3.13. The number of hydrogen-bond donors (Lipinski definition) is 0. The van der Waals surface area contributed by atoms with Crippen molar-refractivity contribution in [3.8, 4) is 0 Å². The van der Waals surface area contributed by atoms with Crippen molar-refractivity contribution < 1.29 is 9.53 Å². The highest BCUT2D eigenvalue weighted by molar-refractivity contribution is 5.93. The number of likely N-dealkylation sites (tertiary alicyclic amines) is 1. The van der Waals surface area contributed by atoms with Crippen LogP contribution in [0.4, 0.5) is 0 Å². The second kappa shape index (κ2) is 4.89. The van der Waals surface area contributed by atoms with Gasteiger partial charge >= 0.3 is 0 Å². The molecule has 3 heterocycles. The molecule has 2 aliphatic rings. The minimum atomic E-state index is -0.0891. The molecule has 2 fully saturated rings. The lowest BCUT2D eigenvalue weighted by atomic mass is 9.85. The predicted molar refractivity (Wildman–Crippen MR) is 69.8 cm³/mol. The summed E-state index contributed by atoms with van der Waals surface area (Å²) in [4.78, 5) is 22.9. The van der Waals surface area contributed by atoms with E-state index in [1.54, 1.807) is 6.07 Å². The minimum Gasteiger partial charge on any atom is -0.379 e. The lowest BCUT2D eigenvalue weighted by Gasteiger charge is -2.43. The number of nitrogens with zero attached hydrogens (tertiary/aromatic N) is 3. The van der Waals surface area contributed by atoms with Crippen LogP contribution in [0.1, 0.15) is 41.9 Å². The van der Waals surface area contributed by atoms with Crippen LogP contribution in [0.15, 0.2) is 12.4 Å². The fraction of sp³-hybridized carbons (Fsp3) is 0.643. The molecule has 0 N–H and O–H groups in total. The van der Waals surface area contributed by atoms with Crippen LogP contribution in [0.2, 0.25) is 0 Å². The third-order valence-corrected chi connectivity index (χ3v) is 4.20. The fourth-order valence-corrected chi connectivity index (χ4v) is 3.13. The molecule has 1 unspecified atom stereocenters. The SMILES string of the molecule is Cc1cc(C(=O)N2CCCCC23CCOC3)ncn1. The maximum absolute atomic E-state index is 12.7. The monoisotopic (exact) mass is 261 g/mol. The molecular weight excluding hydrogens is 242 g/mol. The topological polar surface area (TPSA) is 55.3 Å². The van der Waals surface area contributed by atoms with Gasteiger partial charge in [-0.3, -0.25) is 4.79 Å². The van der Waals surface area contributed by atoms with Crippen LogP contribution >= 0.6 is 0 Å². The summed E-state index contributed by atoms with van der Waals surface area (Å²) in [6, 6.07) is 1.76. The first-order valence-corrected chi connectivity index (χ1v) is 6.90. The Hall–Kier alpha value is -1.49. The lowest BCUT2D eigenvalue weighted by molar-refractivity contribution is 0.0250. The molecule has 2 saturated heterocycles. The number of aromatic nitrogens is 2. The Morgan fingerprint density at radius 3 is 3.00 bits per heavy atom. The Balaban J connectivity index is 1.88. The van der Waals surface area contributed by atoms with Crippen LogP contribution in [-0.4, -0.2) is 46.1 Å². The molecule has 1 amide bonds. The van der Waals surface area contributed by atoms with Gasteiger partial charge in [-0.2, -0.15) is 0 Å². The van der Waals surface area contributed by atoms with Crippen LogP contribution in [0.3, 0.4) is 0 Å². The average Bonchev–Trinajstić information content (AvgIpc) is 2.87. The summed E-state index contributed by atoms with van der Waals surface area (Å²) < 4.78 is 5.55. The van der Waals surface area contributed by atoms with Crippen molar-refractivity contribution in [2.45, 2.75) is 38.1 Å². The summed E-state index contributed by atoms with van der Waals surface area (Å²) >= 11 is 0. The first kappa shape index (κ1) is 12.5. The zero-order chi connectivity index (χ0) is 13.3. The standard InChI is InChI=1S/C14H19N3O2/c1-11-8-12(16-10-15-11)13(18)17-6-3-2-4-14(17)5-7-19-9-14/h8,10H,2-7,9H2,1H3. The average molecular weight is 261 g/mol. The van der Waals surface area contributed by atoms with Crippen LogP contribution in [0.25, 0.3) is 0 Å². The number of piperidine rings is 1. The van der Waals surface area contributed by atoms with E-state index in [9.17, 15) is 4.79 Å². The van der Waals surface area contributed by atoms with Crippen molar-refractivity contribution in [3.05, 3.63) is 23.8 Å². The Bertz CT molecular complexity index is 483. The van der Waals surface area contributed by atoms with Gasteiger partial charge in [0.25, 0.3) is 5.91 Å². The van der Waals surface area contributed by atoms with Gasteiger partial charge in [0.2, 0.25) is 0 Å². The number of rotatable bonds is 1. The molecule has 3 rings (SSSR count). The summed E-state index contributed by atoms with van der Waals surface area (Å²) in [5.74, 6) is 0.0238. The van der Waals surface area contributed by atoms with E-state index in [-0.39, 0.29) is 11.4 Å². The molecule has 19 heavy (non-hydrogen) atoms. The van der Waals surface area contributed by atoms with Gasteiger partial charge in [-0.1, -0.05) is 0 Å². The van der Waals surface area contributed by atoms with Crippen molar-refractivity contribution in [2.24, 2.45) is 0 Å². The number of ether oxygens (including phenoxy) is 1. The summed E-state index contributed by atoms with van der Waals surface area (Å²) in [6.07, 6.45) is 5.70.